The average Bonchev–Trinajstić information content (AvgIpc) is 2.17. The minimum absolute atomic E-state index is 0.145. The summed E-state index contributed by atoms with van der Waals surface area (Å²) >= 11 is 0. The minimum Gasteiger partial charge on any atom is -0.374 e. The minimum atomic E-state index is 0.145. The zero-order valence-corrected chi connectivity index (χ0v) is 10.1. The Kier molecular flexibility index (Phi) is 3.69. The van der Waals surface area contributed by atoms with E-state index in [4.69, 9.17) is 5.73 Å². The third-order valence-electron chi connectivity index (χ3n) is 2.54. The maximum Gasteiger partial charge on any atom is 0.0397 e. The Morgan fingerprint density at radius 3 is 2.67 bits per heavy atom. The highest BCUT2D eigenvalue weighted by atomic mass is 15.1. The Morgan fingerprint density at radius 1 is 1.47 bits per heavy atom. The maximum atomic E-state index is 5.72. The van der Waals surface area contributed by atoms with E-state index < -0.39 is 0 Å². The molecular formula is C12H21N3. The van der Waals surface area contributed by atoms with Crippen LogP contribution in [0.25, 0.3) is 0 Å². The predicted octanol–water partition coefficient (Wildman–Crippen LogP) is 1.81. The van der Waals surface area contributed by atoms with Crippen LogP contribution in [0, 0.1) is 12.3 Å². The summed E-state index contributed by atoms with van der Waals surface area (Å²) in [5.74, 6) is 0. The molecule has 3 heteroatoms. The van der Waals surface area contributed by atoms with Gasteiger partial charge in [-0.25, -0.2) is 0 Å². The van der Waals surface area contributed by atoms with Crippen molar-refractivity contribution in [3.63, 3.8) is 0 Å². The summed E-state index contributed by atoms with van der Waals surface area (Å²) in [4.78, 5) is 6.41. The summed E-state index contributed by atoms with van der Waals surface area (Å²) in [5.41, 5.74) is 8.11. The number of rotatable bonds is 4. The summed E-state index contributed by atoms with van der Waals surface area (Å²) in [6.45, 7) is 8.01. The molecule has 0 saturated heterocycles. The fraction of sp³-hybridized carbons (Fsp3) is 0.583. The lowest BCUT2D eigenvalue weighted by Gasteiger charge is -2.30. The lowest BCUT2D eigenvalue weighted by Crippen LogP contribution is -2.36. The van der Waals surface area contributed by atoms with Crippen molar-refractivity contribution in [2.75, 3.05) is 25.0 Å². The van der Waals surface area contributed by atoms with E-state index in [0.717, 1.165) is 12.2 Å². The highest BCUT2D eigenvalue weighted by Gasteiger charge is 2.18. The van der Waals surface area contributed by atoms with E-state index in [-0.39, 0.29) is 5.41 Å². The fourth-order valence-electron chi connectivity index (χ4n) is 1.57. The second kappa shape index (κ2) is 4.62. The number of nitrogens with zero attached hydrogens (tertiary/aromatic N) is 2. The Labute approximate surface area is 92.3 Å². The molecule has 1 aromatic rings. The summed E-state index contributed by atoms with van der Waals surface area (Å²) in [6.07, 6.45) is 1.84. The summed E-state index contributed by atoms with van der Waals surface area (Å²) in [6, 6.07) is 4.12. The molecule has 0 atom stereocenters. The largest absolute Gasteiger partial charge is 0.374 e. The van der Waals surface area contributed by atoms with Gasteiger partial charge in [0, 0.05) is 31.2 Å². The molecule has 0 aromatic carbocycles. The van der Waals surface area contributed by atoms with E-state index in [1.54, 1.807) is 0 Å². The van der Waals surface area contributed by atoms with Gasteiger partial charge >= 0.3 is 0 Å². The van der Waals surface area contributed by atoms with E-state index in [9.17, 15) is 0 Å². The van der Waals surface area contributed by atoms with Crippen LogP contribution in [-0.2, 0) is 0 Å². The molecule has 84 valence electrons. The first-order valence-corrected chi connectivity index (χ1v) is 5.28. The molecule has 1 aromatic heterocycles. The molecule has 1 rings (SSSR count). The monoisotopic (exact) mass is 207 g/mol. The number of aryl methyl sites for hydroxylation is 1. The molecule has 0 saturated carbocycles. The number of aromatic nitrogens is 1. The number of nitrogens with two attached hydrogens (primary N) is 1. The lowest BCUT2D eigenvalue weighted by atomic mass is 9.93. The van der Waals surface area contributed by atoms with Crippen molar-refractivity contribution < 1.29 is 0 Å². The maximum absolute atomic E-state index is 5.72. The zero-order valence-electron chi connectivity index (χ0n) is 10.1. The first kappa shape index (κ1) is 12.0. The van der Waals surface area contributed by atoms with Crippen molar-refractivity contribution in [3.05, 3.63) is 24.0 Å². The Bertz CT molecular complexity index is 320. The second-order valence-electron chi connectivity index (χ2n) is 4.88. The summed E-state index contributed by atoms with van der Waals surface area (Å²) < 4.78 is 0. The van der Waals surface area contributed by atoms with Gasteiger partial charge in [-0.15, -0.1) is 0 Å². The van der Waals surface area contributed by atoms with Gasteiger partial charge in [-0.2, -0.15) is 0 Å². The van der Waals surface area contributed by atoms with Crippen LogP contribution in [0.3, 0.4) is 0 Å². The molecule has 0 fully saturated rings. The summed E-state index contributed by atoms with van der Waals surface area (Å²) in [7, 11) is 2.09. The topological polar surface area (TPSA) is 42.1 Å². The Morgan fingerprint density at radius 2 is 2.13 bits per heavy atom. The van der Waals surface area contributed by atoms with Gasteiger partial charge in [-0.05, 0) is 31.0 Å². The molecule has 0 unspecified atom stereocenters. The van der Waals surface area contributed by atoms with Crippen LogP contribution < -0.4 is 10.6 Å². The van der Waals surface area contributed by atoms with Crippen LogP contribution in [0.15, 0.2) is 18.3 Å². The second-order valence-corrected chi connectivity index (χ2v) is 4.88. The molecule has 0 spiro atoms. The smallest absolute Gasteiger partial charge is 0.0397 e. The number of pyridine rings is 1. The van der Waals surface area contributed by atoms with Gasteiger partial charge < -0.3 is 10.6 Å². The zero-order chi connectivity index (χ0) is 11.5. The number of anilines is 1. The molecular weight excluding hydrogens is 186 g/mol. The van der Waals surface area contributed by atoms with Crippen LogP contribution in [0.5, 0.6) is 0 Å². The first-order valence-electron chi connectivity index (χ1n) is 5.28. The highest BCUT2D eigenvalue weighted by Crippen LogP contribution is 2.19. The number of hydrogen-bond donors (Lipinski definition) is 1. The molecule has 0 aliphatic heterocycles. The van der Waals surface area contributed by atoms with Crippen LogP contribution in [0.4, 0.5) is 5.69 Å². The van der Waals surface area contributed by atoms with Crippen LogP contribution in [0.2, 0.25) is 0 Å². The SMILES string of the molecule is Cc1cc(N(C)CC(C)(C)CN)ccn1. The van der Waals surface area contributed by atoms with Gasteiger partial charge in [0.05, 0.1) is 0 Å². The van der Waals surface area contributed by atoms with Gasteiger partial charge in [0.2, 0.25) is 0 Å². The molecule has 0 radical (unpaired) electrons. The molecule has 15 heavy (non-hydrogen) atoms. The predicted molar refractivity (Wildman–Crippen MR) is 65.1 cm³/mol. The molecule has 2 N–H and O–H groups in total. The third kappa shape index (κ3) is 3.51. The average molecular weight is 207 g/mol. The van der Waals surface area contributed by atoms with E-state index in [1.165, 1.54) is 5.69 Å². The Balaban J connectivity index is 2.73. The highest BCUT2D eigenvalue weighted by molar-refractivity contribution is 5.45. The van der Waals surface area contributed by atoms with Crippen molar-refractivity contribution in [1.29, 1.82) is 0 Å². The van der Waals surface area contributed by atoms with Gasteiger partial charge in [-0.3, -0.25) is 4.98 Å². The van der Waals surface area contributed by atoms with Crippen molar-refractivity contribution >= 4 is 5.69 Å². The van der Waals surface area contributed by atoms with E-state index in [1.807, 2.05) is 19.2 Å². The quantitative estimate of drug-likeness (QED) is 0.818. The Hall–Kier alpha value is -1.09. The van der Waals surface area contributed by atoms with Crippen molar-refractivity contribution in [3.8, 4) is 0 Å². The molecule has 0 aliphatic rings. The van der Waals surface area contributed by atoms with Crippen LogP contribution in [0.1, 0.15) is 19.5 Å². The fourth-order valence-corrected chi connectivity index (χ4v) is 1.57. The standard InChI is InChI=1S/C12H21N3/c1-10-7-11(5-6-14-10)15(4)9-12(2,3)8-13/h5-7H,8-9,13H2,1-4H3. The van der Waals surface area contributed by atoms with Gasteiger partial charge in [0.1, 0.15) is 0 Å². The van der Waals surface area contributed by atoms with Crippen molar-refractivity contribution in [1.82, 2.24) is 4.98 Å². The van der Waals surface area contributed by atoms with Crippen molar-refractivity contribution in [2.24, 2.45) is 11.1 Å². The van der Waals surface area contributed by atoms with Crippen molar-refractivity contribution in [2.45, 2.75) is 20.8 Å². The van der Waals surface area contributed by atoms with E-state index in [0.29, 0.717) is 6.54 Å². The van der Waals surface area contributed by atoms with Crippen LogP contribution >= 0.6 is 0 Å². The summed E-state index contributed by atoms with van der Waals surface area (Å²) in [5, 5.41) is 0. The molecule has 0 bridgehead atoms. The number of hydrogen-bond acceptors (Lipinski definition) is 3. The molecule has 0 amide bonds. The first-order chi connectivity index (χ1) is 6.94. The molecule has 1 heterocycles. The molecule has 3 nitrogen and oxygen atoms in total. The van der Waals surface area contributed by atoms with Gasteiger partial charge in [0.15, 0.2) is 0 Å². The van der Waals surface area contributed by atoms with E-state index in [2.05, 4.69) is 36.8 Å². The molecule has 0 aliphatic carbocycles. The normalized spacial score (nSPS) is 11.5. The third-order valence-corrected chi connectivity index (χ3v) is 2.54. The lowest BCUT2D eigenvalue weighted by molar-refractivity contribution is 0.385. The van der Waals surface area contributed by atoms with Gasteiger partial charge in [0.25, 0.3) is 0 Å². The van der Waals surface area contributed by atoms with Crippen LogP contribution in [-0.4, -0.2) is 25.1 Å². The van der Waals surface area contributed by atoms with Gasteiger partial charge in [-0.1, -0.05) is 13.8 Å². The van der Waals surface area contributed by atoms with E-state index >= 15 is 0 Å².